The Morgan fingerprint density at radius 1 is 1.17 bits per heavy atom. The normalized spacial score (nSPS) is 11.3. The van der Waals surface area contributed by atoms with Gasteiger partial charge in [0.15, 0.2) is 5.69 Å². The quantitative estimate of drug-likeness (QED) is 0.520. The molecule has 3 aromatic rings. The van der Waals surface area contributed by atoms with Gasteiger partial charge in [0, 0.05) is 15.3 Å². The third kappa shape index (κ3) is 3.72. The van der Waals surface area contributed by atoms with Crippen molar-refractivity contribution in [2.75, 3.05) is 5.75 Å². The second-order valence-corrected chi connectivity index (χ2v) is 6.19. The Morgan fingerprint density at radius 3 is 2.70 bits per heavy atom. The Hall–Kier alpha value is -2.31. The third-order valence-electron chi connectivity index (χ3n) is 3.10. The number of aromatic amines is 1. The fourth-order valence-electron chi connectivity index (χ4n) is 2.02. The van der Waals surface area contributed by atoms with Gasteiger partial charge >= 0.3 is 0 Å². The van der Waals surface area contributed by atoms with Crippen molar-refractivity contribution in [3.05, 3.63) is 53.6 Å². The summed E-state index contributed by atoms with van der Waals surface area (Å²) < 4.78 is 0. The van der Waals surface area contributed by atoms with Crippen LogP contribution in [0.15, 0.2) is 63.7 Å². The molecule has 0 aliphatic carbocycles. The lowest BCUT2D eigenvalue weighted by Crippen LogP contribution is -1.95. The van der Waals surface area contributed by atoms with E-state index in [1.54, 1.807) is 18.2 Å². The van der Waals surface area contributed by atoms with Gasteiger partial charge in [-0.05, 0) is 30.3 Å². The summed E-state index contributed by atoms with van der Waals surface area (Å²) in [6.07, 6.45) is 0. The summed E-state index contributed by atoms with van der Waals surface area (Å²) in [5.41, 5.74) is 1.01. The van der Waals surface area contributed by atoms with E-state index < -0.39 is 0 Å². The number of azo groups is 1. The van der Waals surface area contributed by atoms with Gasteiger partial charge in [0.25, 0.3) is 5.91 Å². The Bertz CT molecular complexity index is 875. The van der Waals surface area contributed by atoms with Gasteiger partial charge in [-0.3, -0.25) is 4.79 Å². The molecule has 0 saturated carbocycles. The lowest BCUT2D eigenvalue weighted by molar-refractivity contribution is -0.115. The molecule has 0 radical (unpaired) electrons. The fraction of sp³-hybridized carbons (Fsp3) is 0.0625. The van der Waals surface area contributed by atoms with Crippen molar-refractivity contribution in [3.8, 4) is 5.88 Å². The number of fused-ring (bicyclic) bond motifs is 1. The van der Waals surface area contributed by atoms with Crippen molar-refractivity contribution in [2.24, 2.45) is 10.2 Å². The standard InChI is InChI=1S/C16H12ClN3O2S/c17-10-5-7-11(8-6-10)23-9-14(21)19-20-15-12-3-1-2-4-13(12)18-16(15)22/h1-8,18,22H,9H2. The summed E-state index contributed by atoms with van der Waals surface area (Å²) in [5.74, 6) is -0.323. The Morgan fingerprint density at radius 2 is 1.91 bits per heavy atom. The number of hydrogen-bond acceptors (Lipinski definition) is 4. The highest BCUT2D eigenvalue weighted by molar-refractivity contribution is 8.00. The number of benzene rings is 2. The zero-order valence-corrected chi connectivity index (χ0v) is 13.4. The molecule has 23 heavy (non-hydrogen) atoms. The summed E-state index contributed by atoms with van der Waals surface area (Å²) in [5, 5.41) is 18.8. The number of rotatable bonds is 4. The minimum atomic E-state index is -0.380. The molecule has 0 atom stereocenters. The number of carbonyl (C=O) groups excluding carboxylic acids is 1. The molecule has 3 rings (SSSR count). The summed E-state index contributed by atoms with van der Waals surface area (Å²) in [6.45, 7) is 0. The van der Waals surface area contributed by atoms with Crippen molar-refractivity contribution in [3.63, 3.8) is 0 Å². The predicted molar refractivity (Wildman–Crippen MR) is 91.7 cm³/mol. The lowest BCUT2D eigenvalue weighted by Gasteiger charge is -1.98. The molecule has 1 heterocycles. The smallest absolute Gasteiger partial charge is 0.274 e. The first-order chi connectivity index (χ1) is 11.1. The number of para-hydroxylation sites is 1. The molecule has 0 bridgehead atoms. The molecular weight excluding hydrogens is 334 g/mol. The molecule has 0 fully saturated rings. The van der Waals surface area contributed by atoms with Crippen LogP contribution >= 0.6 is 23.4 Å². The first-order valence-electron chi connectivity index (χ1n) is 6.76. The van der Waals surface area contributed by atoms with E-state index in [1.807, 2.05) is 30.3 Å². The Balaban J connectivity index is 1.68. The van der Waals surface area contributed by atoms with Crippen molar-refractivity contribution >= 4 is 45.9 Å². The molecular formula is C16H12ClN3O2S. The number of aromatic nitrogens is 1. The van der Waals surface area contributed by atoms with E-state index in [0.717, 1.165) is 10.4 Å². The summed E-state index contributed by atoms with van der Waals surface area (Å²) >= 11 is 7.16. The number of halogens is 1. The van der Waals surface area contributed by atoms with Crippen LogP contribution in [0.3, 0.4) is 0 Å². The number of amides is 1. The molecule has 5 nitrogen and oxygen atoms in total. The molecule has 0 aliphatic heterocycles. The average Bonchev–Trinajstić information content (AvgIpc) is 2.87. The molecule has 0 unspecified atom stereocenters. The second-order valence-electron chi connectivity index (χ2n) is 4.70. The van der Waals surface area contributed by atoms with Gasteiger partial charge in [-0.15, -0.1) is 22.0 Å². The monoisotopic (exact) mass is 345 g/mol. The molecule has 1 amide bonds. The van der Waals surface area contributed by atoms with E-state index in [0.29, 0.717) is 10.4 Å². The first kappa shape index (κ1) is 15.6. The number of carbonyl (C=O) groups is 1. The highest BCUT2D eigenvalue weighted by Crippen LogP contribution is 2.35. The Kier molecular flexibility index (Phi) is 4.64. The SMILES string of the molecule is O=C(CSc1ccc(Cl)cc1)N=Nc1c(O)[nH]c2ccccc12. The first-order valence-corrected chi connectivity index (χ1v) is 8.12. The molecule has 7 heteroatoms. The van der Waals surface area contributed by atoms with Crippen LogP contribution in [0.5, 0.6) is 5.88 Å². The lowest BCUT2D eigenvalue weighted by atomic mass is 10.2. The summed E-state index contributed by atoms with van der Waals surface area (Å²) in [7, 11) is 0. The van der Waals surface area contributed by atoms with Crippen molar-refractivity contribution < 1.29 is 9.90 Å². The molecule has 2 aromatic carbocycles. The zero-order valence-electron chi connectivity index (χ0n) is 11.9. The van der Waals surface area contributed by atoms with E-state index in [2.05, 4.69) is 15.2 Å². The van der Waals surface area contributed by atoms with Crippen LogP contribution in [0.25, 0.3) is 10.9 Å². The van der Waals surface area contributed by atoms with E-state index >= 15 is 0 Å². The van der Waals surface area contributed by atoms with Crippen LogP contribution in [0, 0.1) is 0 Å². The van der Waals surface area contributed by atoms with Crippen LogP contribution in [0.2, 0.25) is 5.02 Å². The van der Waals surface area contributed by atoms with Gasteiger partial charge in [-0.2, -0.15) is 0 Å². The number of thioether (sulfide) groups is 1. The zero-order chi connectivity index (χ0) is 16.2. The minimum Gasteiger partial charge on any atom is -0.493 e. The molecule has 116 valence electrons. The van der Waals surface area contributed by atoms with Gasteiger partial charge in [0.2, 0.25) is 5.88 Å². The van der Waals surface area contributed by atoms with Crippen LogP contribution in [-0.4, -0.2) is 21.8 Å². The number of aromatic hydroxyl groups is 1. The van der Waals surface area contributed by atoms with Crippen LogP contribution < -0.4 is 0 Å². The average molecular weight is 346 g/mol. The highest BCUT2D eigenvalue weighted by Gasteiger charge is 2.10. The Labute approximate surface area is 141 Å². The largest absolute Gasteiger partial charge is 0.493 e. The maximum absolute atomic E-state index is 11.8. The van der Waals surface area contributed by atoms with Crippen LogP contribution in [0.4, 0.5) is 5.69 Å². The van der Waals surface area contributed by atoms with Crippen molar-refractivity contribution in [1.82, 2.24) is 4.98 Å². The van der Waals surface area contributed by atoms with Gasteiger partial charge in [-0.1, -0.05) is 29.8 Å². The summed E-state index contributed by atoms with van der Waals surface area (Å²) in [6, 6.07) is 14.5. The van der Waals surface area contributed by atoms with E-state index in [1.165, 1.54) is 11.8 Å². The number of hydrogen-bond donors (Lipinski definition) is 2. The number of nitrogens with zero attached hydrogens (tertiary/aromatic N) is 2. The van der Waals surface area contributed by atoms with Crippen LogP contribution in [-0.2, 0) is 4.79 Å². The van der Waals surface area contributed by atoms with E-state index in [4.69, 9.17) is 11.6 Å². The van der Waals surface area contributed by atoms with Crippen molar-refractivity contribution in [1.29, 1.82) is 0 Å². The van der Waals surface area contributed by atoms with E-state index in [-0.39, 0.29) is 23.2 Å². The van der Waals surface area contributed by atoms with Gasteiger partial charge in [0.05, 0.1) is 11.3 Å². The maximum atomic E-state index is 11.8. The van der Waals surface area contributed by atoms with Gasteiger partial charge < -0.3 is 10.1 Å². The molecule has 0 aliphatic rings. The molecule has 0 saturated heterocycles. The predicted octanol–water partition coefficient (Wildman–Crippen LogP) is 4.93. The van der Waals surface area contributed by atoms with Crippen molar-refractivity contribution in [2.45, 2.75) is 4.90 Å². The van der Waals surface area contributed by atoms with E-state index in [9.17, 15) is 9.90 Å². The fourth-order valence-corrected chi connectivity index (χ4v) is 2.83. The summed E-state index contributed by atoms with van der Waals surface area (Å²) in [4.78, 5) is 15.5. The minimum absolute atomic E-state index is 0.104. The number of nitrogens with one attached hydrogen (secondary N) is 1. The molecule has 2 N–H and O–H groups in total. The third-order valence-corrected chi connectivity index (χ3v) is 4.35. The highest BCUT2D eigenvalue weighted by atomic mass is 35.5. The molecule has 1 aromatic heterocycles. The van der Waals surface area contributed by atoms with Crippen LogP contribution in [0.1, 0.15) is 0 Å². The maximum Gasteiger partial charge on any atom is 0.274 e. The number of H-pyrrole nitrogens is 1. The topological polar surface area (TPSA) is 77.8 Å². The second kappa shape index (κ2) is 6.85. The van der Waals surface area contributed by atoms with Gasteiger partial charge in [-0.25, -0.2) is 0 Å². The molecule has 0 spiro atoms. The van der Waals surface area contributed by atoms with Gasteiger partial charge in [0.1, 0.15) is 0 Å².